The van der Waals surface area contributed by atoms with Crippen molar-refractivity contribution in [1.82, 2.24) is 0 Å². The summed E-state index contributed by atoms with van der Waals surface area (Å²) in [4.78, 5) is 0.991. The topological polar surface area (TPSA) is 46.5 Å². The van der Waals surface area contributed by atoms with Gasteiger partial charge in [-0.25, -0.2) is 0 Å². The van der Waals surface area contributed by atoms with E-state index in [1.807, 2.05) is 30.3 Å². The molecule has 1 atom stereocenters. The Kier molecular flexibility index (Phi) is 5.81. The third kappa shape index (κ3) is 4.54. The lowest BCUT2D eigenvalue weighted by Crippen LogP contribution is -2.05. The van der Waals surface area contributed by atoms with Crippen molar-refractivity contribution in [1.29, 1.82) is 0 Å². The molecule has 21 heavy (non-hydrogen) atoms. The summed E-state index contributed by atoms with van der Waals surface area (Å²) in [6.07, 6.45) is 0. The first-order chi connectivity index (χ1) is 10.0. The highest BCUT2D eigenvalue weighted by molar-refractivity contribution is 8.00. The van der Waals surface area contributed by atoms with Crippen LogP contribution in [0.4, 0.5) is 0 Å². The molecular weight excluding hydrogens is 349 g/mol. The lowest BCUT2D eigenvalue weighted by atomic mass is 10.4. The van der Waals surface area contributed by atoms with Gasteiger partial charge in [0.2, 0.25) is 0 Å². The molecule has 0 aliphatic carbocycles. The monoisotopic (exact) mass is 361 g/mol. The summed E-state index contributed by atoms with van der Waals surface area (Å²) in [6, 6.07) is 15.3. The molecule has 7 heteroatoms. The molecule has 0 heterocycles. The zero-order valence-corrected chi connectivity index (χ0v) is 14.1. The molecule has 0 radical (unpaired) electrons. The fourth-order valence-corrected chi connectivity index (χ4v) is 5.45. The van der Waals surface area contributed by atoms with Crippen molar-refractivity contribution >= 4 is 43.9 Å². The molecule has 0 bridgehead atoms. The van der Waals surface area contributed by atoms with Gasteiger partial charge in [-0.05, 0) is 47.1 Å². The molecule has 0 amide bonds. The molecule has 0 N–H and O–H groups in total. The van der Waals surface area contributed by atoms with Crippen LogP contribution in [0.15, 0.2) is 68.2 Å². The average molecular weight is 362 g/mol. The predicted octanol–water partition coefficient (Wildman–Crippen LogP) is 4.13. The minimum atomic E-state index is -3.73. The highest BCUT2D eigenvalue weighted by Gasteiger charge is 2.14. The van der Waals surface area contributed by atoms with E-state index in [2.05, 4.69) is 3.77 Å². The van der Waals surface area contributed by atoms with E-state index in [-0.39, 0.29) is 4.90 Å². The Morgan fingerprint density at radius 2 is 1.62 bits per heavy atom. The van der Waals surface area contributed by atoms with E-state index in [1.54, 1.807) is 0 Å². The summed E-state index contributed by atoms with van der Waals surface area (Å²) in [7, 11) is -4.52. The maximum atomic E-state index is 12.4. The Balaban J connectivity index is 2.44. The van der Waals surface area contributed by atoms with Crippen molar-refractivity contribution in [2.24, 2.45) is 3.77 Å². The first-order valence-corrected chi connectivity index (χ1v) is 9.79. The van der Waals surface area contributed by atoms with Crippen LogP contribution in [0.25, 0.3) is 0 Å². The SMILES string of the molecule is O=S(=O)(/N=S(\CCCl)c1ccccc1)c1ccc(Cl)cc1. The molecule has 0 fully saturated rings. The van der Waals surface area contributed by atoms with E-state index in [0.29, 0.717) is 16.7 Å². The molecule has 0 aliphatic heterocycles. The molecule has 0 aromatic heterocycles. The van der Waals surface area contributed by atoms with E-state index in [0.717, 1.165) is 4.90 Å². The maximum absolute atomic E-state index is 12.4. The molecule has 2 aromatic carbocycles. The van der Waals surface area contributed by atoms with E-state index in [1.165, 1.54) is 24.3 Å². The Morgan fingerprint density at radius 3 is 2.19 bits per heavy atom. The number of hydrogen-bond acceptors (Lipinski definition) is 2. The minimum absolute atomic E-state index is 0.134. The number of sulfonamides is 1. The Hall–Kier alpha value is -0.880. The number of hydrogen-bond donors (Lipinski definition) is 0. The lowest BCUT2D eigenvalue weighted by molar-refractivity contribution is 0.598. The fourth-order valence-electron chi connectivity index (χ4n) is 1.62. The summed E-state index contributed by atoms with van der Waals surface area (Å²) in [6.45, 7) is 0. The highest BCUT2D eigenvalue weighted by atomic mass is 35.5. The van der Waals surface area contributed by atoms with Gasteiger partial charge in [-0.2, -0.15) is 8.42 Å². The Morgan fingerprint density at radius 1 is 1.00 bits per heavy atom. The van der Waals surface area contributed by atoms with Crippen molar-refractivity contribution in [3.05, 3.63) is 59.6 Å². The molecule has 2 aromatic rings. The van der Waals surface area contributed by atoms with Gasteiger partial charge >= 0.3 is 0 Å². The average Bonchev–Trinajstić information content (AvgIpc) is 2.48. The molecule has 0 saturated carbocycles. The third-order valence-electron chi connectivity index (χ3n) is 2.59. The van der Waals surface area contributed by atoms with Crippen molar-refractivity contribution in [3.63, 3.8) is 0 Å². The fraction of sp³-hybridized carbons (Fsp3) is 0.143. The van der Waals surface area contributed by atoms with Gasteiger partial charge < -0.3 is 0 Å². The van der Waals surface area contributed by atoms with Crippen LogP contribution >= 0.6 is 23.2 Å². The van der Waals surface area contributed by atoms with E-state index >= 15 is 0 Å². The highest BCUT2D eigenvalue weighted by Crippen LogP contribution is 2.19. The number of alkyl halides is 1. The van der Waals surface area contributed by atoms with Crippen molar-refractivity contribution in [2.45, 2.75) is 9.79 Å². The smallest absolute Gasteiger partial charge is 0.199 e. The number of rotatable bonds is 5. The van der Waals surface area contributed by atoms with Crippen molar-refractivity contribution in [3.8, 4) is 0 Å². The summed E-state index contributed by atoms with van der Waals surface area (Å²) >= 11 is 11.5. The Bertz CT molecular complexity index is 729. The molecule has 2 rings (SSSR count). The van der Waals surface area contributed by atoms with Crippen LogP contribution in [0, 0.1) is 0 Å². The van der Waals surface area contributed by atoms with Gasteiger partial charge in [0.05, 0.1) is 4.90 Å². The maximum Gasteiger partial charge on any atom is 0.288 e. The molecular formula is C14H13Cl2NO2S2. The van der Waals surface area contributed by atoms with Gasteiger partial charge in [0.1, 0.15) is 0 Å². The summed E-state index contributed by atoms with van der Waals surface area (Å²) in [5, 5.41) is 0.483. The number of benzene rings is 2. The quantitative estimate of drug-likeness (QED) is 0.751. The van der Waals surface area contributed by atoms with Gasteiger partial charge in [-0.15, -0.1) is 15.4 Å². The van der Waals surface area contributed by atoms with Gasteiger partial charge in [0.25, 0.3) is 10.0 Å². The summed E-state index contributed by atoms with van der Waals surface area (Å²) in [5.41, 5.74) is 0. The summed E-state index contributed by atoms with van der Waals surface area (Å²) < 4.78 is 28.8. The molecule has 112 valence electrons. The third-order valence-corrected chi connectivity index (χ3v) is 7.03. The second kappa shape index (κ2) is 7.40. The van der Waals surface area contributed by atoms with Crippen molar-refractivity contribution < 1.29 is 8.42 Å². The zero-order valence-electron chi connectivity index (χ0n) is 10.9. The largest absolute Gasteiger partial charge is 0.288 e. The van der Waals surface area contributed by atoms with Crippen LogP contribution < -0.4 is 0 Å². The number of nitrogens with zero attached hydrogens (tertiary/aromatic N) is 1. The molecule has 0 spiro atoms. The van der Waals surface area contributed by atoms with Crippen LogP contribution in [0.1, 0.15) is 0 Å². The molecule has 1 unspecified atom stereocenters. The number of halogens is 2. The standard InChI is InChI=1S/C14H13Cl2NO2S2/c15-10-11-20(13-4-2-1-3-5-13)17-21(18,19)14-8-6-12(16)7-9-14/h1-9H,10-11H2. The second-order valence-electron chi connectivity index (χ2n) is 4.07. The van der Waals surface area contributed by atoms with Crippen LogP contribution in [0.2, 0.25) is 5.02 Å². The molecule has 0 saturated heterocycles. The zero-order chi connectivity index (χ0) is 15.3. The van der Waals surface area contributed by atoms with Crippen LogP contribution in [0.3, 0.4) is 0 Å². The first kappa shape index (κ1) is 16.5. The Labute approximate surface area is 137 Å². The van der Waals surface area contributed by atoms with Crippen molar-refractivity contribution in [2.75, 3.05) is 11.6 Å². The van der Waals surface area contributed by atoms with Crippen LogP contribution in [-0.4, -0.2) is 20.1 Å². The van der Waals surface area contributed by atoms with Gasteiger partial charge in [-0.1, -0.05) is 29.8 Å². The van der Waals surface area contributed by atoms with Gasteiger partial charge in [-0.3, -0.25) is 0 Å². The molecule has 0 aliphatic rings. The van der Waals surface area contributed by atoms with Crippen LogP contribution in [-0.2, 0) is 20.7 Å². The van der Waals surface area contributed by atoms with E-state index in [9.17, 15) is 8.42 Å². The normalized spacial score (nSPS) is 13.2. The van der Waals surface area contributed by atoms with Gasteiger partial charge in [0, 0.05) is 21.6 Å². The summed E-state index contributed by atoms with van der Waals surface area (Å²) in [5.74, 6) is 0.829. The predicted molar refractivity (Wildman–Crippen MR) is 88.7 cm³/mol. The minimum Gasteiger partial charge on any atom is -0.199 e. The molecule has 3 nitrogen and oxygen atoms in total. The van der Waals surface area contributed by atoms with Crippen LogP contribution in [0.5, 0.6) is 0 Å². The first-order valence-electron chi connectivity index (χ1n) is 6.08. The van der Waals surface area contributed by atoms with E-state index < -0.39 is 20.7 Å². The van der Waals surface area contributed by atoms with E-state index in [4.69, 9.17) is 23.2 Å². The van der Waals surface area contributed by atoms with Gasteiger partial charge in [0.15, 0.2) is 0 Å². The lowest BCUT2D eigenvalue weighted by Gasteiger charge is -2.07. The second-order valence-corrected chi connectivity index (χ2v) is 8.52.